The second kappa shape index (κ2) is 4.71. The van der Waals surface area contributed by atoms with Crippen molar-refractivity contribution in [1.29, 1.82) is 0 Å². The average Bonchev–Trinajstić information content (AvgIpc) is 2.29. The van der Waals surface area contributed by atoms with Crippen molar-refractivity contribution in [2.24, 2.45) is 22.7 Å². The molecule has 3 heteroatoms. The van der Waals surface area contributed by atoms with E-state index in [1.807, 2.05) is 0 Å². The average molecular weight is 207 g/mol. The SMILES string of the molecule is O=C=NC(=O)C1CCC2CCCCC2C1. The van der Waals surface area contributed by atoms with Crippen LogP contribution in [0.2, 0.25) is 0 Å². The van der Waals surface area contributed by atoms with Gasteiger partial charge in [0.05, 0.1) is 0 Å². The molecule has 0 saturated heterocycles. The van der Waals surface area contributed by atoms with Crippen molar-refractivity contribution >= 4 is 12.0 Å². The van der Waals surface area contributed by atoms with Gasteiger partial charge in [-0.1, -0.05) is 25.7 Å². The first-order chi connectivity index (χ1) is 7.31. The van der Waals surface area contributed by atoms with Crippen LogP contribution in [0.25, 0.3) is 0 Å². The second-order valence-electron chi connectivity index (χ2n) is 4.86. The molecule has 2 aliphatic carbocycles. The van der Waals surface area contributed by atoms with Crippen molar-refractivity contribution in [3.8, 4) is 0 Å². The molecule has 0 bridgehead atoms. The number of hydrogen-bond donors (Lipinski definition) is 0. The zero-order valence-corrected chi connectivity index (χ0v) is 8.95. The first-order valence-corrected chi connectivity index (χ1v) is 5.93. The fraction of sp³-hybridized carbons (Fsp3) is 0.833. The molecule has 0 aliphatic heterocycles. The van der Waals surface area contributed by atoms with Crippen LogP contribution in [0.15, 0.2) is 4.99 Å². The minimum atomic E-state index is -0.242. The molecular weight excluding hydrogens is 190 g/mol. The third kappa shape index (κ3) is 2.35. The predicted octanol–water partition coefficient (Wildman–Crippen LogP) is 2.46. The highest BCUT2D eigenvalue weighted by Crippen LogP contribution is 2.42. The maximum Gasteiger partial charge on any atom is 0.259 e. The van der Waals surface area contributed by atoms with E-state index in [4.69, 9.17) is 0 Å². The van der Waals surface area contributed by atoms with Gasteiger partial charge in [-0.25, -0.2) is 4.79 Å². The van der Waals surface area contributed by atoms with E-state index in [-0.39, 0.29) is 11.8 Å². The summed E-state index contributed by atoms with van der Waals surface area (Å²) in [5.41, 5.74) is 0. The lowest BCUT2D eigenvalue weighted by atomic mass is 9.67. The van der Waals surface area contributed by atoms with Gasteiger partial charge in [0.15, 0.2) is 0 Å². The second-order valence-corrected chi connectivity index (χ2v) is 4.86. The van der Waals surface area contributed by atoms with Crippen molar-refractivity contribution < 1.29 is 9.59 Å². The summed E-state index contributed by atoms with van der Waals surface area (Å²) in [7, 11) is 0. The van der Waals surface area contributed by atoms with Crippen LogP contribution in [0.1, 0.15) is 44.9 Å². The number of aliphatic imine (C=N–C) groups is 1. The molecule has 2 fully saturated rings. The Kier molecular flexibility index (Phi) is 3.32. The Morgan fingerprint density at radius 2 is 1.80 bits per heavy atom. The zero-order valence-electron chi connectivity index (χ0n) is 8.95. The smallest absolute Gasteiger partial charge is 0.259 e. The molecule has 0 aromatic rings. The van der Waals surface area contributed by atoms with Crippen molar-refractivity contribution in [2.75, 3.05) is 0 Å². The van der Waals surface area contributed by atoms with Crippen LogP contribution in [-0.2, 0) is 9.59 Å². The quantitative estimate of drug-likeness (QED) is 0.489. The molecule has 2 rings (SSSR count). The van der Waals surface area contributed by atoms with E-state index in [9.17, 15) is 9.59 Å². The molecule has 0 radical (unpaired) electrons. The lowest BCUT2D eigenvalue weighted by Gasteiger charge is -2.38. The molecule has 15 heavy (non-hydrogen) atoms. The highest BCUT2D eigenvalue weighted by Gasteiger charge is 2.34. The fourth-order valence-electron chi connectivity index (χ4n) is 3.23. The van der Waals surface area contributed by atoms with E-state index in [1.54, 1.807) is 0 Å². The number of nitrogens with zero attached hydrogens (tertiary/aromatic N) is 1. The molecule has 1 amide bonds. The van der Waals surface area contributed by atoms with Gasteiger partial charge in [-0.15, -0.1) is 4.99 Å². The van der Waals surface area contributed by atoms with Gasteiger partial charge in [-0.3, -0.25) is 4.79 Å². The summed E-state index contributed by atoms with van der Waals surface area (Å²) < 4.78 is 0. The van der Waals surface area contributed by atoms with Crippen LogP contribution >= 0.6 is 0 Å². The normalized spacial score (nSPS) is 35.1. The lowest BCUT2D eigenvalue weighted by molar-refractivity contribution is -0.123. The van der Waals surface area contributed by atoms with Crippen LogP contribution < -0.4 is 0 Å². The largest absolute Gasteiger partial charge is 0.271 e. The molecule has 3 nitrogen and oxygen atoms in total. The summed E-state index contributed by atoms with van der Waals surface area (Å²) in [5.74, 6) is 1.31. The molecule has 0 aromatic heterocycles. The topological polar surface area (TPSA) is 46.5 Å². The molecule has 3 unspecified atom stereocenters. The molecule has 3 atom stereocenters. The summed E-state index contributed by atoms with van der Waals surface area (Å²) in [6.07, 6.45) is 9.64. The number of rotatable bonds is 1. The number of hydrogen-bond acceptors (Lipinski definition) is 2. The van der Waals surface area contributed by atoms with E-state index in [0.717, 1.165) is 25.2 Å². The first-order valence-electron chi connectivity index (χ1n) is 5.93. The Labute approximate surface area is 90.0 Å². The van der Waals surface area contributed by atoms with Crippen molar-refractivity contribution in [3.05, 3.63) is 0 Å². The minimum absolute atomic E-state index is 0.00537. The van der Waals surface area contributed by atoms with E-state index < -0.39 is 0 Å². The molecule has 0 aromatic carbocycles. The Morgan fingerprint density at radius 3 is 2.53 bits per heavy atom. The van der Waals surface area contributed by atoms with Crippen molar-refractivity contribution in [2.45, 2.75) is 44.9 Å². The Hall–Kier alpha value is -0.950. The molecule has 82 valence electrons. The highest BCUT2D eigenvalue weighted by atomic mass is 16.2. The van der Waals surface area contributed by atoms with Gasteiger partial charge in [-0.2, -0.15) is 0 Å². The number of carbonyl (C=O) groups excluding carboxylic acids is 2. The van der Waals surface area contributed by atoms with Crippen LogP contribution in [0.5, 0.6) is 0 Å². The summed E-state index contributed by atoms with van der Waals surface area (Å²) in [5, 5.41) is 0. The fourth-order valence-corrected chi connectivity index (χ4v) is 3.23. The first kappa shape index (κ1) is 10.6. The highest BCUT2D eigenvalue weighted by molar-refractivity contribution is 5.83. The van der Waals surface area contributed by atoms with E-state index >= 15 is 0 Å². The number of amides is 1. The van der Waals surface area contributed by atoms with Gasteiger partial charge in [0, 0.05) is 5.92 Å². The minimum Gasteiger partial charge on any atom is -0.271 e. The molecule has 2 saturated carbocycles. The molecule has 0 spiro atoms. The number of isocyanates is 1. The summed E-state index contributed by atoms with van der Waals surface area (Å²) in [4.78, 5) is 24.7. The monoisotopic (exact) mass is 207 g/mol. The van der Waals surface area contributed by atoms with Crippen LogP contribution in [0.3, 0.4) is 0 Å². The van der Waals surface area contributed by atoms with Gasteiger partial charge in [0.25, 0.3) is 5.91 Å². The summed E-state index contributed by atoms with van der Waals surface area (Å²) in [6, 6.07) is 0. The lowest BCUT2D eigenvalue weighted by Crippen LogP contribution is -2.30. The van der Waals surface area contributed by atoms with Gasteiger partial charge >= 0.3 is 0 Å². The van der Waals surface area contributed by atoms with Crippen LogP contribution in [0, 0.1) is 17.8 Å². The Morgan fingerprint density at radius 1 is 1.07 bits per heavy atom. The van der Waals surface area contributed by atoms with Crippen LogP contribution in [0.4, 0.5) is 0 Å². The summed E-state index contributed by atoms with van der Waals surface area (Å²) in [6.45, 7) is 0. The third-order valence-corrected chi connectivity index (χ3v) is 4.04. The number of fused-ring (bicyclic) bond motifs is 1. The van der Waals surface area contributed by atoms with Crippen LogP contribution in [-0.4, -0.2) is 12.0 Å². The van der Waals surface area contributed by atoms with E-state index in [2.05, 4.69) is 4.99 Å². The van der Waals surface area contributed by atoms with Gasteiger partial charge in [-0.05, 0) is 31.1 Å². The standard InChI is InChI=1S/C12H17NO2/c14-8-13-12(15)11-6-5-9-3-1-2-4-10(9)7-11/h9-11H,1-7H2. The zero-order chi connectivity index (χ0) is 10.7. The van der Waals surface area contributed by atoms with Gasteiger partial charge < -0.3 is 0 Å². The maximum absolute atomic E-state index is 11.4. The van der Waals surface area contributed by atoms with E-state index in [1.165, 1.54) is 31.8 Å². The summed E-state index contributed by atoms with van der Waals surface area (Å²) >= 11 is 0. The molecule has 2 aliphatic rings. The molecule has 0 N–H and O–H groups in total. The van der Waals surface area contributed by atoms with Crippen molar-refractivity contribution in [1.82, 2.24) is 0 Å². The predicted molar refractivity (Wildman–Crippen MR) is 55.9 cm³/mol. The molecular formula is C12H17NO2. The Balaban J connectivity index is 1.96. The number of carbonyl (C=O) groups is 1. The van der Waals surface area contributed by atoms with E-state index in [0.29, 0.717) is 5.92 Å². The van der Waals surface area contributed by atoms with Gasteiger partial charge in [0.2, 0.25) is 6.08 Å². The van der Waals surface area contributed by atoms with Crippen molar-refractivity contribution in [3.63, 3.8) is 0 Å². The third-order valence-electron chi connectivity index (χ3n) is 4.04. The molecule has 0 heterocycles. The Bertz CT molecular complexity index is 294. The van der Waals surface area contributed by atoms with Gasteiger partial charge in [0.1, 0.15) is 0 Å². The maximum atomic E-state index is 11.4.